The van der Waals surface area contributed by atoms with Crippen LogP contribution in [0.2, 0.25) is 0 Å². The Morgan fingerprint density at radius 1 is 1.29 bits per heavy atom. The fraction of sp³-hybridized carbons (Fsp3) is 0.643. The smallest absolute Gasteiger partial charge is 0.270 e. The van der Waals surface area contributed by atoms with E-state index in [0.29, 0.717) is 30.6 Å². The van der Waals surface area contributed by atoms with E-state index in [1.54, 1.807) is 9.47 Å². The first-order chi connectivity index (χ1) is 9.61. The molecule has 1 fully saturated rings. The highest BCUT2D eigenvalue weighted by molar-refractivity contribution is 8.13. The number of nitrogens with zero attached hydrogens (tertiary/aromatic N) is 2. The summed E-state index contributed by atoms with van der Waals surface area (Å²) in [6, 6.07) is 1.35. The summed E-state index contributed by atoms with van der Waals surface area (Å²) in [6.45, 7) is 9.44. The molecule has 7 heteroatoms. The summed E-state index contributed by atoms with van der Waals surface area (Å²) >= 11 is 0. The number of halogens is 1. The molecule has 0 spiro atoms. The van der Waals surface area contributed by atoms with Crippen molar-refractivity contribution in [3.8, 4) is 0 Å². The predicted octanol–water partition coefficient (Wildman–Crippen LogP) is 2.72. The van der Waals surface area contributed by atoms with Crippen LogP contribution in [0.3, 0.4) is 0 Å². The number of hydrogen-bond acceptors (Lipinski definition) is 3. The third kappa shape index (κ3) is 3.26. The van der Waals surface area contributed by atoms with Crippen molar-refractivity contribution in [3.05, 3.63) is 18.0 Å². The minimum absolute atomic E-state index is 0.0198. The number of likely N-dealkylation sites (tertiary alicyclic amines) is 1. The van der Waals surface area contributed by atoms with E-state index in [1.165, 1.54) is 12.3 Å². The molecular formula is C14H21ClN2O3S. The third-order valence-electron chi connectivity index (χ3n) is 4.16. The first-order valence-corrected chi connectivity index (χ1v) is 9.38. The van der Waals surface area contributed by atoms with E-state index >= 15 is 0 Å². The summed E-state index contributed by atoms with van der Waals surface area (Å²) < 4.78 is 24.7. The van der Waals surface area contributed by atoms with E-state index in [9.17, 15) is 13.2 Å². The average molecular weight is 333 g/mol. The lowest BCUT2D eigenvalue weighted by Crippen LogP contribution is -2.30. The van der Waals surface area contributed by atoms with Gasteiger partial charge < -0.3 is 9.47 Å². The largest absolute Gasteiger partial charge is 0.340 e. The zero-order chi connectivity index (χ0) is 15.9. The van der Waals surface area contributed by atoms with Crippen molar-refractivity contribution in [1.29, 1.82) is 0 Å². The van der Waals surface area contributed by atoms with Crippen molar-refractivity contribution in [2.45, 2.75) is 38.6 Å². The molecule has 0 bridgehead atoms. The Morgan fingerprint density at radius 3 is 2.24 bits per heavy atom. The number of amides is 1. The Balaban J connectivity index is 2.39. The number of rotatable bonds is 3. The minimum atomic E-state index is -3.84. The minimum Gasteiger partial charge on any atom is -0.340 e. The van der Waals surface area contributed by atoms with Gasteiger partial charge in [0.1, 0.15) is 10.6 Å². The van der Waals surface area contributed by atoms with Gasteiger partial charge in [0.25, 0.3) is 15.0 Å². The molecule has 1 aromatic heterocycles. The van der Waals surface area contributed by atoms with E-state index in [-0.39, 0.29) is 16.8 Å². The summed E-state index contributed by atoms with van der Waals surface area (Å²) in [4.78, 5) is 14.4. The molecule has 2 heterocycles. The second-order valence-electron chi connectivity index (χ2n) is 6.16. The molecule has 1 amide bonds. The summed E-state index contributed by atoms with van der Waals surface area (Å²) in [5.41, 5.74) is 0.380. The molecule has 1 saturated heterocycles. The molecule has 118 valence electrons. The standard InChI is InChI=1S/C14H21ClN2O3S/c1-9(2)17-8-12(21(15,19)20)5-13(17)14(18)16-6-10(3)11(4)7-16/h5,8-11H,6-7H2,1-4H3. The maximum absolute atomic E-state index is 12.7. The molecule has 2 unspecified atom stereocenters. The molecule has 21 heavy (non-hydrogen) atoms. The quantitative estimate of drug-likeness (QED) is 0.800. The molecular weight excluding hydrogens is 312 g/mol. The van der Waals surface area contributed by atoms with Gasteiger partial charge in [0.05, 0.1) is 0 Å². The zero-order valence-corrected chi connectivity index (χ0v) is 14.3. The highest BCUT2D eigenvalue weighted by atomic mass is 35.7. The van der Waals surface area contributed by atoms with E-state index in [0.717, 1.165) is 0 Å². The molecule has 0 aromatic carbocycles. The molecule has 1 aliphatic heterocycles. The van der Waals surface area contributed by atoms with Gasteiger partial charge in [-0.05, 0) is 31.7 Å². The normalized spacial score (nSPS) is 23.0. The fourth-order valence-corrected chi connectivity index (χ4v) is 3.39. The molecule has 5 nitrogen and oxygen atoms in total. The summed E-state index contributed by atoms with van der Waals surface area (Å²) in [6.07, 6.45) is 1.43. The Hall–Kier alpha value is -1.01. The summed E-state index contributed by atoms with van der Waals surface area (Å²) in [7, 11) is 1.56. The Kier molecular flexibility index (Phi) is 4.40. The van der Waals surface area contributed by atoms with Crippen molar-refractivity contribution in [2.75, 3.05) is 13.1 Å². The molecule has 1 aromatic rings. The van der Waals surface area contributed by atoms with Gasteiger partial charge in [0, 0.05) is 36.0 Å². The number of carbonyl (C=O) groups is 1. The SMILES string of the molecule is CC1CN(C(=O)c2cc(S(=O)(=O)Cl)cn2C(C)C)CC1C. The van der Waals surface area contributed by atoms with Gasteiger partial charge in [-0.25, -0.2) is 8.42 Å². The molecule has 0 radical (unpaired) electrons. The molecule has 0 aliphatic carbocycles. The fourth-order valence-electron chi connectivity index (χ4n) is 2.64. The van der Waals surface area contributed by atoms with Crippen LogP contribution in [0.1, 0.15) is 44.2 Å². The van der Waals surface area contributed by atoms with Crippen molar-refractivity contribution in [1.82, 2.24) is 9.47 Å². The van der Waals surface area contributed by atoms with Gasteiger partial charge in [0.2, 0.25) is 0 Å². The molecule has 1 aliphatic rings. The van der Waals surface area contributed by atoms with Gasteiger partial charge in [0.15, 0.2) is 0 Å². The van der Waals surface area contributed by atoms with E-state index in [2.05, 4.69) is 13.8 Å². The Bertz CT molecular complexity index is 641. The Morgan fingerprint density at radius 2 is 1.81 bits per heavy atom. The van der Waals surface area contributed by atoms with Crippen LogP contribution in [0, 0.1) is 11.8 Å². The van der Waals surface area contributed by atoms with Crippen LogP contribution in [0.15, 0.2) is 17.2 Å². The lowest BCUT2D eigenvalue weighted by atomic mass is 10.0. The van der Waals surface area contributed by atoms with Crippen LogP contribution >= 0.6 is 10.7 Å². The third-order valence-corrected chi connectivity index (χ3v) is 5.48. The highest BCUT2D eigenvalue weighted by Gasteiger charge is 2.32. The van der Waals surface area contributed by atoms with E-state index in [1.807, 2.05) is 13.8 Å². The molecule has 0 N–H and O–H groups in total. The summed E-state index contributed by atoms with van der Waals surface area (Å²) in [5.74, 6) is 0.770. The molecule has 2 atom stereocenters. The lowest BCUT2D eigenvalue weighted by molar-refractivity contribution is 0.0772. The van der Waals surface area contributed by atoms with Gasteiger partial charge in [-0.3, -0.25) is 4.79 Å². The number of aromatic nitrogens is 1. The van der Waals surface area contributed by atoms with Crippen LogP contribution in [0.25, 0.3) is 0 Å². The first kappa shape index (κ1) is 16.4. The van der Waals surface area contributed by atoms with Crippen molar-refractivity contribution < 1.29 is 13.2 Å². The van der Waals surface area contributed by atoms with Crippen LogP contribution in [0.4, 0.5) is 0 Å². The maximum Gasteiger partial charge on any atom is 0.270 e. The van der Waals surface area contributed by atoms with Gasteiger partial charge in [-0.1, -0.05) is 13.8 Å². The monoisotopic (exact) mass is 332 g/mol. The highest BCUT2D eigenvalue weighted by Crippen LogP contribution is 2.27. The van der Waals surface area contributed by atoms with Gasteiger partial charge in [-0.2, -0.15) is 0 Å². The predicted molar refractivity (Wildman–Crippen MR) is 82.1 cm³/mol. The van der Waals surface area contributed by atoms with Gasteiger partial charge in [-0.15, -0.1) is 0 Å². The van der Waals surface area contributed by atoms with Crippen molar-refractivity contribution in [3.63, 3.8) is 0 Å². The van der Waals surface area contributed by atoms with Crippen LogP contribution < -0.4 is 0 Å². The second-order valence-corrected chi connectivity index (χ2v) is 8.73. The van der Waals surface area contributed by atoms with Gasteiger partial charge >= 0.3 is 0 Å². The van der Waals surface area contributed by atoms with Crippen LogP contribution in [-0.2, 0) is 9.05 Å². The van der Waals surface area contributed by atoms with E-state index in [4.69, 9.17) is 10.7 Å². The average Bonchev–Trinajstić information content (AvgIpc) is 2.93. The number of carbonyl (C=O) groups excluding carboxylic acids is 1. The zero-order valence-electron chi connectivity index (χ0n) is 12.7. The van der Waals surface area contributed by atoms with E-state index < -0.39 is 9.05 Å². The summed E-state index contributed by atoms with van der Waals surface area (Å²) in [5, 5.41) is 0. The van der Waals surface area contributed by atoms with Crippen LogP contribution in [-0.4, -0.2) is 36.9 Å². The first-order valence-electron chi connectivity index (χ1n) is 7.07. The van der Waals surface area contributed by atoms with Crippen LogP contribution in [0.5, 0.6) is 0 Å². The number of hydrogen-bond donors (Lipinski definition) is 0. The lowest BCUT2D eigenvalue weighted by Gasteiger charge is -2.19. The topological polar surface area (TPSA) is 59.4 Å². The molecule has 0 saturated carbocycles. The second kappa shape index (κ2) is 5.65. The maximum atomic E-state index is 12.7. The van der Waals surface area contributed by atoms with Crippen molar-refractivity contribution >= 4 is 25.6 Å². The Labute approximate surface area is 130 Å². The van der Waals surface area contributed by atoms with Crippen molar-refractivity contribution in [2.24, 2.45) is 11.8 Å². The molecule has 2 rings (SSSR count).